The average Bonchev–Trinajstić information content (AvgIpc) is 2.47. The number of carbonyl (C=O) groups excluding carboxylic acids is 1. The number of rotatable bonds is 4. The molecule has 1 amide bonds. The lowest BCUT2D eigenvalue weighted by Crippen LogP contribution is -2.51. The van der Waals surface area contributed by atoms with Crippen LogP contribution in [0, 0.1) is 18.3 Å². The maximum absolute atomic E-state index is 11.3. The molecule has 1 aromatic carbocycles. The van der Waals surface area contributed by atoms with Crippen LogP contribution in [-0.4, -0.2) is 23.7 Å². The van der Waals surface area contributed by atoms with Gasteiger partial charge >= 0.3 is 0 Å². The molecule has 0 aromatic heterocycles. The van der Waals surface area contributed by atoms with Crippen LogP contribution >= 0.6 is 0 Å². The molecule has 25 heavy (non-hydrogen) atoms. The van der Waals surface area contributed by atoms with Crippen molar-refractivity contribution in [1.29, 1.82) is 5.26 Å². The van der Waals surface area contributed by atoms with Crippen LogP contribution in [0.4, 0.5) is 5.69 Å². The Bertz CT molecular complexity index is 728. The molecular formula is C20H28N4O. The van der Waals surface area contributed by atoms with Gasteiger partial charge in [-0.25, -0.2) is 5.43 Å². The highest BCUT2D eigenvalue weighted by Crippen LogP contribution is 2.45. The molecule has 0 spiro atoms. The molecular weight excluding hydrogens is 312 g/mol. The minimum absolute atomic E-state index is 0.119. The quantitative estimate of drug-likeness (QED) is 0.668. The van der Waals surface area contributed by atoms with E-state index in [0.29, 0.717) is 12.0 Å². The molecule has 134 valence electrons. The first kappa shape index (κ1) is 19.0. The molecule has 1 aromatic rings. The van der Waals surface area contributed by atoms with E-state index in [4.69, 9.17) is 5.26 Å². The normalized spacial score (nSPS) is 19.0. The third kappa shape index (κ3) is 4.01. The van der Waals surface area contributed by atoms with Gasteiger partial charge in [0, 0.05) is 17.3 Å². The largest absolute Gasteiger partial charge is 0.364 e. The van der Waals surface area contributed by atoms with Gasteiger partial charge in [-0.2, -0.15) is 10.4 Å². The molecule has 0 saturated heterocycles. The van der Waals surface area contributed by atoms with E-state index < -0.39 is 5.91 Å². The van der Waals surface area contributed by atoms with Crippen molar-refractivity contribution < 1.29 is 4.79 Å². The van der Waals surface area contributed by atoms with Gasteiger partial charge in [0.1, 0.15) is 6.42 Å². The lowest BCUT2D eigenvalue weighted by molar-refractivity contribution is -0.120. The molecule has 0 bridgehead atoms. The third-order valence-electron chi connectivity index (χ3n) is 4.81. The van der Waals surface area contributed by atoms with Crippen molar-refractivity contribution in [1.82, 2.24) is 5.43 Å². The van der Waals surface area contributed by atoms with Gasteiger partial charge in [-0.1, -0.05) is 6.92 Å². The summed E-state index contributed by atoms with van der Waals surface area (Å²) in [7, 11) is 0. The van der Waals surface area contributed by atoms with Crippen LogP contribution in [0.25, 0.3) is 0 Å². The number of hydrogen-bond donors (Lipinski definition) is 1. The van der Waals surface area contributed by atoms with Gasteiger partial charge in [-0.15, -0.1) is 0 Å². The van der Waals surface area contributed by atoms with Gasteiger partial charge in [0.25, 0.3) is 5.91 Å². The Labute approximate surface area is 150 Å². The smallest absolute Gasteiger partial charge is 0.254 e. The number of hydrazone groups is 1. The highest BCUT2D eigenvalue weighted by Gasteiger charge is 2.37. The minimum atomic E-state index is -0.393. The topological polar surface area (TPSA) is 68.5 Å². The van der Waals surface area contributed by atoms with E-state index in [9.17, 15) is 4.79 Å². The second kappa shape index (κ2) is 7.26. The number of aryl methyl sites for hydroxylation is 1. The highest BCUT2D eigenvalue weighted by molar-refractivity contribution is 5.86. The number of nitriles is 1. The second-order valence-corrected chi connectivity index (χ2v) is 7.78. The van der Waals surface area contributed by atoms with Gasteiger partial charge in [0.05, 0.1) is 12.3 Å². The molecule has 1 aliphatic heterocycles. The Morgan fingerprint density at radius 3 is 2.80 bits per heavy atom. The highest BCUT2D eigenvalue weighted by atomic mass is 16.2. The fourth-order valence-corrected chi connectivity index (χ4v) is 4.02. The molecule has 2 rings (SSSR count). The Balaban J connectivity index is 2.37. The molecule has 1 aliphatic rings. The average molecular weight is 340 g/mol. The number of nitrogens with one attached hydrogen (secondary N) is 1. The summed E-state index contributed by atoms with van der Waals surface area (Å²) in [6, 6.07) is 6.64. The number of hydrogen-bond acceptors (Lipinski definition) is 4. The van der Waals surface area contributed by atoms with Crippen LogP contribution in [0.2, 0.25) is 0 Å². The summed E-state index contributed by atoms with van der Waals surface area (Å²) in [6.07, 6.45) is 2.57. The van der Waals surface area contributed by atoms with Crippen molar-refractivity contribution in [3.05, 3.63) is 28.8 Å². The predicted molar refractivity (Wildman–Crippen MR) is 102 cm³/mol. The number of carbonyl (C=O) groups is 1. The maximum Gasteiger partial charge on any atom is 0.254 e. The summed E-state index contributed by atoms with van der Waals surface area (Å²) >= 11 is 0. The standard InChI is InChI=1S/C20H28N4O/c1-13(2)24-18-9-14(3)16(12-22-23-19(25)7-8-21)10-17(18)15(4)11-20(24,5)6/h9-10,12-13,15H,7,11H2,1-6H3,(H,23,25)/b22-12-/t15-/m1/s1. The van der Waals surface area contributed by atoms with E-state index in [1.807, 2.05) is 0 Å². The van der Waals surface area contributed by atoms with Gasteiger partial charge in [-0.05, 0) is 75.8 Å². The fourth-order valence-electron chi connectivity index (χ4n) is 4.02. The van der Waals surface area contributed by atoms with Crippen LogP contribution in [-0.2, 0) is 4.79 Å². The first-order valence-electron chi connectivity index (χ1n) is 8.80. The molecule has 0 saturated carbocycles. The van der Waals surface area contributed by atoms with Crippen molar-refractivity contribution in [3.63, 3.8) is 0 Å². The molecule has 0 unspecified atom stereocenters. The lowest BCUT2D eigenvalue weighted by atomic mass is 9.78. The molecule has 0 radical (unpaired) electrons. The zero-order valence-electron chi connectivity index (χ0n) is 16.1. The summed E-state index contributed by atoms with van der Waals surface area (Å²) in [5.41, 5.74) is 7.23. The van der Waals surface area contributed by atoms with Crippen LogP contribution in [0.3, 0.4) is 0 Å². The number of benzene rings is 1. The third-order valence-corrected chi connectivity index (χ3v) is 4.81. The van der Waals surface area contributed by atoms with Gasteiger partial charge < -0.3 is 4.90 Å². The molecule has 0 aliphatic carbocycles. The summed E-state index contributed by atoms with van der Waals surface area (Å²) in [5.74, 6) is 0.0661. The SMILES string of the molecule is Cc1cc2c(cc1/C=N\NC(=O)CC#N)[C@H](C)CC(C)(C)N2C(C)C. The van der Waals surface area contributed by atoms with E-state index in [1.54, 1.807) is 12.3 Å². The zero-order chi connectivity index (χ0) is 18.8. The van der Waals surface area contributed by atoms with E-state index in [1.165, 1.54) is 11.3 Å². The maximum atomic E-state index is 11.3. The number of fused-ring (bicyclic) bond motifs is 1. The van der Waals surface area contributed by atoms with Gasteiger partial charge in [0.2, 0.25) is 0 Å². The first-order chi connectivity index (χ1) is 11.7. The van der Waals surface area contributed by atoms with Crippen LogP contribution < -0.4 is 10.3 Å². The predicted octanol–water partition coefficient (Wildman–Crippen LogP) is 3.86. The fraction of sp³-hybridized carbons (Fsp3) is 0.550. The Kier molecular flexibility index (Phi) is 5.52. The van der Waals surface area contributed by atoms with E-state index in [2.05, 4.69) is 69.1 Å². The van der Waals surface area contributed by atoms with E-state index in [0.717, 1.165) is 17.5 Å². The van der Waals surface area contributed by atoms with Crippen molar-refractivity contribution >= 4 is 17.8 Å². The van der Waals surface area contributed by atoms with Crippen molar-refractivity contribution in [3.8, 4) is 6.07 Å². The Morgan fingerprint density at radius 2 is 2.20 bits per heavy atom. The van der Waals surface area contributed by atoms with Gasteiger partial charge in [0.15, 0.2) is 0 Å². The number of amides is 1. The number of nitrogens with zero attached hydrogens (tertiary/aromatic N) is 3. The summed E-state index contributed by atoms with van der Waals surface area (Å²) in [4.78, 5) is 13.8. The van der Waals surface area contributed by atoms with Crippen LogP contribution in [0.15, 0.2) is 17.2 Å². The zero-order valence-corrected chi connectivity index (χ0v) is 16.1. The monoisotopic (exact) mass is 340 g/mol. The molecule has 5 heteroatoms. The molecule has 5 nitrogen and oxygen atoms in total. The van der Waals surface area contributed by atoms with E-state index in [-0.39, 0.29) is 12.0 Å². The first-order valence-corrected chi connectivity index (χ1v) is 8.80. The summed E-state index contributed by atoms with van der Waals surface area (Å²) < 4.78 is 0. The molecule has 0 fully saturated rings. The van der Waals surface area contributed by atoms with Crippen molar-refractivity contribution in [2.45, 2.75) is 71.9 Å². The van der Waals surface area contributed by atoms with Crippen molar-refractivity contribution in [2.75, 3.05) is 4.90 Å². The minimum Gasteiger partial charge on any atom is -0.364 e. The van der Waals surface area contributed by atoms with Crippen LogP contribution in [0.5, 0.6) is 0 Å². The molecule has 1 N–H and O–H groups in total. The molecule has 1 heterocycles. The van der Waals surface area contributed by atoms with Gasteiger partial charge in [-0.3, -0.25) is 4.79 Å². The summed E-state index contributed by atoms with van der Waals surface area (Å²) in [6.45, 7) is 13.4. The Morgan fingerprint density at radius 1 is 1.52 bits per heavy atom. The number of anilines is 1. The second-order valence-electron chi connectivity index (χ2n) is 7.78. The van der Waals surface area contributed by atoms with Crippen LogP contribution in [0.1, 0.15) is 70.1 Å². The lowest BCUT2D eigenvalue weighted by Gasteiger charge is -2.50. The van der Waals surface area contributed by atoms with E-state index >= 15 is 0 Å². The Hall–Kier alpha value is -2.35. The summed E-state index contributed by atoms with van der Waals surface area (Å²) in [5, 5.41) is 12.5. The van der Waals surface area contributed by atoms with Crippen molar-refractivity contribution in [2.24, 2.45) is 5.10 Å². The molecule has 1 atom stereocenters.